The van der Waals surface area contributed by atoms with Crippen molar-refractivity contribution in [1.29, 1.82) is 0 Å². The summed E-state index contributed by atoms with van der Waals surface area (Å²) >= 11 is 5.73. The Labute approximate surface area is 209 Å². The molecule has 0 radical (unpaired) electrons. The lowest BCUT2D eigenvalue weighted by molar-refractivity contribution is 0.188. The van der Waals surface area contributed by atoms with Crippen LogP contribution in [0.5, 0.6) is 5.75 Å². The number of aromatic nitrogens is 2. The first-order valence-electron chi connectivity index (χ1n) is 11.4. The van der Waals surface area contributed by atoms with Crippen LogP contribution in [0.3, 0.4) is 0 Å². The van der Waals surface area contributed by atoms with Crippen molar-refractivity contribution in [2.75, 3.05) is 27.4 Å². The number of nitrogens with one attached hydrogen (secondary N) is 1. The lowest BCUT2D eigenvalue weighted by Gasteiger charge is -2.37. The summed E-state index contributed by atoms with van der Waals surface area (Å²) in [7, 11) is 3.10. The molecule has 0 spiro atoms. The van der Waals surface area contributed by atoms with Crippen LogP contribution in [0.1, 0.15) is 42.0 Å². The van der Waals surface area contributed by atoms with Crippen molar-refractivity contribution in [2.45, 2.75) is 33.2 Å². The lowest BCUT2D eigenvalue weighted by atomic mass is 9.92. The topological polar surface area (TPSA) is 72.7 Å². The zero-order chi connectivity index (χ0) is 25.1. The van der Waals surface area contributed by atoms with Crippen LogP contribution in [0.4, 0.5) is 4.39 Å². The zero-order valence-corrected chi connectivity index (χ0v) is 21.3. The van der Waals surface area contributed by atoms with Gasteiger partial charge in [0.05, 0.1) is 18.7 Å². The summed E-state index contributed by atoms with van der Waals surface area (Å²) < 4.78 is 30.3. The van der Waals surface area contributed by atoms with Crippen LogP contribution in [-0.4, -0.2) is 47.5 Å². The molecule has 1 unspecified atom stereocenters. The molecule has 1 aromatic heterocycles. The molecule has 0 amide bonds. The molecular weight excluding hydrogens is 467 g/mol. The minimum atomic E-state index is -0.492. The molecule has 4 rings (SSSR count). The maximum absolute atomic E-state index is 14.3. The second kappa shape index (κ2) is 10.5. The van der Waals surface area contributed by atoms with Gasteiger partial charge in [-0.2, -0.15) is 4.98 Å². The van der Waals surface area contributed by atoms with Crippen molar-refractivity contribution in [3.63, 3.8) is 0 Å². The highest BCUT2D eigenvalue weighted by atomic mass is 32.1. The average molecular weight is 497 g/mol. The first kappa shape index (κ1) is 24.8. The van der Waals surface area contributed by atoms with Crippen molar-refractivity contribution in [2.24, 2.45) is 0 Å². The van der Waals surface area contributed by atoms with Crippen LogP contribution in [0.2, 0.25) is 0 Å². The Morgan fingerprint density at radius 3 is 2.60 bits per heavy atom. The molecule has 1 atom stereocenters. The third-order valence-corrected chi connectivity index (χ3v) is 6.60. The Hall–Kier alpha value is -3.30. The smallest absolute Gasteiger partial charge is 0.258 e. The van der Waals surface area contributed by atoms with Crippen molar-refractivity contribution < 1.29 is 18.4 Å². The normalized spacial score (nSPS) is 16.0. The third-order valence-electron chi connectivity index (χ3n) is 6.26. The van der Waals surface area contributed by atoms with Crippen LogP contribution in [0, 0.1) is 19.7 Å². The number of hydrogen-bond donors (Lipinski definition) is 1. The van der Waals surface area contributed by atoms with E-state index >= 15 is 0 Å². The molecule has 2 aromatic carbocycles. The predicted octanol–water partition coefficient (Wildman–Crippen LogP) is 5.20. The van der Waals surface area contributed by atoms with Gasteiger partial charge in [-0.25, -0.2) is 4.39 Å². The summed E-state index contributed by atoms with van der Waals surface area (Å²) in [5.74, 6) is 0.305. The van der Waals surface area contributed by atoms with Crippen LogP contribution < -0.4 is 10.1 Å². The molecule has 0 saturated carbocycles. The first-order chi connectivity index (χ1) is 16.8. The number of benzene rings is 2. The molecule has 3 aromatic rings. The fourth-order valence-electron chi connectivity index (χ4n) is 4.14. The minimum Gasteiger partial charge on any atom is -0.494 e. The maximum Gasteiger partial charge on any atom is 0.258 e. The average Bonchev–Trinajstić information content (AvgIpc) is 3.32. The molecule has 9 heteroatoms. The molecule has 0 bridgehead atoms. The minimum absolute atomic E-state index is 0.155. The van der Waals surface area contributed by atoms with E-state index in [4.69, 9.17) is 26.2 Å². The quantitative estimate of drug-likeness (QED) is 0.337. The van der Waals surface area contributed by atoms with E-state index in [0.29, 0.717) is 35.5 Å². The molecule has 7 nitrogen and oxygen atoms in total. The molecule has 1 aliphatic heterocycles. The van der Waals surface area contributed by atoms with Gasteiger partial charge in [0.25, 0.3) is 5.89 Å². The maximum atomic E-state index is 14.3. The Bertz CT molecular complexity index is 1270. The van der Waals surface area contributed by atoms with E-state index < -0.39 is 5.82 Å². The SMILES string of the molecule is COCCCN1C(=S)NC(c2ccc(C)c(C)c2)C(c2nc(-c3ccc(OC)c(F)c3)no2)=C1C. The standard InChI is InChI=1S/C26H29FN4O3S/c1-15-7-8-18(13-16(15)2)23-22(17(3)31(26(35)28-23)11-6-12-32-4)25-29-24(30-34-25)19-9-10-21(33-5)20(27)14-19/h7-10,13-14,23H,6,11-12H2,1-5H3,(H,28,35). The number of halogens is 1. The Balaban J connectivity index is 1.78. The van der Waals surface area contributed by atoms with Gasteiger partial charge in [-0.3, -0.25) is 0 Å². The van der Waals surface area contributed by atoms with Crippen molar-refractivity contribution in [3.05, 3.63) is 70.5 Å². The molecule has 0 aliphatic carbocycles. The molecule has 2 heterocycles. The van der Waals surface area contributed by atoms with Crippen LogP contribution >= 0.6 is 12.2 Å². The predicted molar refractivity (Wildman–Crippen MR) is 136 cm³/mol. The number of thiocarbonyl (C=S) groups is 1. The van der Waals surface area contributed by atoms with Gasteiger partial charge in [-0.05, 0) is 74.3 Å². The molecule has 35 heavy (non-hydrogen) atoms. The number of hydrogen-bond acceptors (Lipinski definition) is 6. The largest absolute Gasteiger partial charge is 0.494 e. The number of nitrogens with zero attached hydrogens (tertiary/aromatic N) is 3. The van der Waals surface area contributed by atoms with E-state index in [-0.39, 0.29) is 11.8 Å². The van der Waals surface area contributed by atoms with Gasteiger partial charge in [0, 0.05) is 31.5 Å². The van der Waals surface area contributed by atoms with E-state index in [1.165, 1.54) is 24.3 Å². The van der Waals surface area contributed by atoms with Crippen LogP contribution in [0.15, 0.2) is 46.6 Å². The van der Waals surface area contributed by atoms with Gasteiger partial charge in [-0.15, -0.1) is 0 Å². The van der Waals surface area contributed by atoms with Gasteiger partial charge in [0.2, 0.25) is 5.82 Å². The van der Waals surface area contributed by atoms with Crippen molar-refractivity contribution in [3.8, 4) is 17.1 Å². The Kier molecular flexibility index (Phi) is 7.47. The van der Waals surface area contributed by atoms with E-state index in [9.17, 15) is 4.39 Å². The lowest BCUT2D eigenvalue weighted by Crippen LogP contribution is -2.46. The number of allylic oxidation sites excluding steroid dienone is 1. The summed E-state index contributed by atoms with van der Waals surface area (Å²) in [6, 6.07) is 10.6. The van der Waals surface area contributed by atoms with E-state index in [2.05, 4.69) is 47.5 Å². The van der Waals surface area contributed by atoms with E-state index in [1.54, 1.807) is 19.2 Å². The van der Waals surface area contributed by atoms with E-state index in [1.807, 2.05) is 11.8 Å². The van der Waals surface area contributed by atoms with Crippen molar-refractivity contribution in [1.82, 2.24) is 20.4 Å². The summed E-state index contributed by atoms with van der Waals surface area (Å²) in [4.78, 5) is 6.67. The van der Waals surface area contributed by atoms with Gasteiger partial charge in [-0.1, -0.05) is 23.4 Å². The second-order valence-electron chi connectivity index (χ2n) is 8.50. The number of ether oxygens (including phenoxy) is 2. The molecular formula is C26H29FN4O3S. The highest BCUT2D eigenvalue weighted by molar-refractivity contribution is 7.80. The highest BCUT2D eigenvalue weighted by Gasteiger charge is 2.34. The molecule has 0 fully saturated rings. The van der Waals surface area contributed by atoms with Crippen LogP contribution in [0.25, 0.3) is 17.0 Å². The number of methoxy groups -OCH3 is 2. The Morgan fingerprint density at radius 2 is 1.91 bits per heavy atom. The summed E-state index contributed by atoms with van der Waals surface area (Å²) in [5, 5.41) is 8.24. The molecule has 0 saturated heterocycles. The van der Waals surface area contributed by atoms with E-state index in [0.717, 1.165) is 23.3 Å². The molecule has 184 valence electrons. The molecule has 1 aliphatic rings. The highest BCUT2D eigenvalue weighted by Crippen LogP contribution is 2.38. The van der Waals surface area contributed by atoms with Crippen molar-refractivity contribution >= 4 is 22.9 Å². The second-order valence-corrected chi connectivity index (χ2v) is 8.88. The van der Waals surface area contributed by atoms with Gasteiger partial charge < -0.3 is 24.2 Å². The number of aryl methyl sites for hydroxylation is 2. The first-order valence-corrected chi connectivity index (χ1v) is 11.8. The monoisotopic (exact) mass is 496 g/mol. The number of rotatable bonds is 8. The zero-order valence-electron chi connectivity index (χ0n) is 20.5. The van der Waals surface area contributed by atoms with Crippen LogP contribution in [-0.2, 0) is 4.74 Å². The van der Waals surface area contributed by atoms with Gasteiger partial charge >= 0.3 is 0 Å². The van der Waals surface area contributed by atoms with Gasteiger partial charge in [0.15, 0.2) is 16.7 Å². The summed E-state index contributed by atoms with van der Waals surface area (Å²) in [6.45, 7) is 7.46. The summed E-state index contributed by atoms with van der Waals surface area (Å²) in [5.41, 5.74) is 5.66. The fourth-order valence-corrected chi connectivity index (χ4v) is 4.49. The molecule has 1 N–H and O–H groups in total. The Morgan fingerprint density at radius 1 is 1.11 bits per heavy atom. The third kappa shape index (κ3) is 5.06. The summed E-state index contributed by atoms with van der Waals surface area (Å²) in [6.07, 6.45) is 0.803. The fraction of sp³-hybridized carbons (Fsp3) is 0.346. The van der Waals surface area contributed by atoms with Gasteiger partial charge in [0.1, 0.15) is 0 Å².